The molecule has 0 heterocycles. The van der Waals surface area contributed by atoms with E-state index in [4.69, 9.17) is 0 Å². The van der Waals surface area contributed by atoms with Crippen molar-refractivity contribution >= 4 is 0 Å². The molecule has 1 aliphatic rings. The van der Waals surface area contributed by atoms with Crippen LogP contribution in [0.15, 0.2) is 0 Å². The lowest BCUT2D eigenvalue weighted by Crippen LogP contribution is -2.25. The zero-order chi connectivity index (χ0) is 15.4. The van der Waals surface area contributed by atoms with Crippen LogP contribution < -0.4 is 0 Å². The van der Waals surface area contributed by atoms with Crippen molar-refractivity contribution in [1.82, 2.24) is 0 Å². The fourth-order valence-electron chi connectivity index (χ4n) is 3.82. The van der Waals surface area contributed by atoms with Crippen LogP contribution in [0.25, 0.3) is 0 Å². The lowest BCUT2D eigenvalue weighted by atomic mass is 9.73. The fourth-order valence-corrected chi connectivity index (χ4v) is 3.82. The van der Waals surface area contributed by atoms with Gasteiger partial charge in [0.25, 0.3) is 0 Å². The molecule has 6 atom stereocenters. The van der Waals surface area contributed by atoms with Crippen molar-refractivity contribution in [2.75, 3.05) is 0 Å². The summed E-state index contributed by atoms with van der Waals surface area (Å²) in [6, 6.07) is 0. The maximum absolute atomic E-state index is 2.53. The molecular weight excluding hydrogens is 240 g/mol. The van der Waals surface area contributed by atoms with Gasteiger partial charge in [0.2, 0.25) is 0 Å². The number of hydrogen-bond donors (Lipinski definition) is 0. The summed E-state index contributed by atoms with van der Waals surface area (Å²) in [7, 11) is 0. The summed E-state index contributed by atoms with van der Waals surface area (Å²) >= 11 is 0. The predicted octanol–water partition coefficient (Wildman–Crippen LogP) is 6.65. The first-order valence-electron chi connectivity index (χ1n) is 9.25. The quantitative estimate of drug-likeness (QED) is 0.443. The molecule has 0 bridgehead atoms. The molecule has 1 rings (SSSR count). The van der Waals surface area contributed by atoms with Gasteiger partial charge in [-0.05, 0) is 60.2 Å². The molecule has 1 aliphatic carbocycles. The van der Waals surface area contributed by atoms with E-state index in [0.717, 1.165) is 47.3 Å². The van der Waals surface area contributed by atoms with Crippen LogP contribution in [0, 0.1) is 47.3 Å². The SMILES string of the molecule is CC(C)C(C)CCCC(C(C)C(C)C(C)C)C1CC1C. The van der Waals surface area contributed by atoms with Crippen molar-refractivity contribution in [3.63, 3.8) is 0 Å². The zero-order valence-electron chi connectivity index (χ0n) is 15.4. The van der Waals surface area contributed by atoms with Crippen LogP contribution in [0.3, 0.4) is 0 Å². The minimum Gasteiger partial charge on any atom is -0.0625 e. The molecular formula is C20H40. The molecule has 1 saturated carbocycles. The van der Waals surface area contributed by atoms with E-state index in [2.05, 4.69) is 55.4 Å². The molecule has 0 radical (unpaired) electrons. The Bertz CT molecular complexity index is 265. The van der Waals surface area contributed by atoms with E-state index in [0.29, 0.717) is 0 Å². The van der Waals surface area contributed by atoms with E-state index in [1.807, 2.05) is 0 Å². The van der Waals surface area contributed by atoms with Gasteiger partial charge in [0.15, 0.2) is 0 Å². The molecule has 0 saturated heterocycles. The predicted molar refractivity (Wildman–Crippen MR) is 91.8 cm³/mol. The van der Waals surface area contributed by atoms with Crippen molar-refractivity contribution in [3.05, 3.63) is 0 Å². The van der Waals surface area contributed by atoms with Crippen LogP contribution in [0.5, 0.6) is 0 Å². The van der Waals surface area contributed by atoms with E-state index in [9.17, 15) is 0 Å². The average Bonchev–Trinajstić information content (AvgIpc) is 3.09. The second-order valence-electron chi connectivity index (χ2n) is 8.66. The van der Waals surface area contributed by atoms with Crippen LogP contribution in [0.4, 0.5) is 0 Å². The topological polar surface area (TPSA) is 0 Å². The molecule has 0 aromatic carbocycles. The summed E-state index contributed by atoms with van der Waals surface area (Å²) in [5.41, 5.74) is 0. The standard InChI is InChI=1S/C20H40/c1-13(2)15(5)10-9-11-19(20-12-16(20)6)18(8)17(7)14(3)4/h13-20H,9-12H2,1-8H3. The second-order valence-corrected chi connectivity index (χ2v) is 8.66. The van der Waals surface area contributed by atoms with Gasteiger partial charge in [-0.15, -0.1) is 0 Å². The highest BCUT2D eigenvalue weighted by atomic mass is 14.5. The third-order valence-electron chi connectivity index (χ3n) is 6.61. The molecule has 6 unspecified atom stereocenters. The van der Waals surface area contributed by atoms with E-state index >= 15 is 0 Å². The first-order valence-corrected chi connectivity index (χ1v) is 9.25. The molecule has 0 aliphatic heterocycles. The summed E-state index contributed by atoms with van der Waals surface area (Å²) in [4.78, 5) is 0. The van der Waals surface area contributed by atoms with Gasteiger partial charge in [-0.3, -0.25) is 0 Å². The van der Waals surface area contributed by atoms with Crippen molar-refractivity contribution in [1.29, 1.82) is 0 Å². The van der Waals surface area contributed by atoms with Gasteiger partial charge in [-0.1, -0.05) is 68.2 Å². The van der Waals surface area contributed by atoms with Gasteiger partial charge >= 0.3 is 0 Å². The maximum atomic E-state index is 2.53. The minimum absolute atomic E-state index is 0.830. The van der Waals surface area contributed by atoms with Gasteiger partial charge in [0.1, 0.15) is 0 Å². The summed E-state index contributed by atoms with van der Waals surface area (Å²) in [6.07, 6.45) is 5.85. The molecule has 0 heteroatoms. The summed E-state index contributed by atoms with van der Waals surface area (Å²) in [5.74, 6) is 7.38. The van der Waals surface area contributed by atoms with Crippen LogP contribution >= 0.6 is 0 Å². The van der Waals surface area contributed by atoms with Gasteiger partial charge in [-0.2, -0.15) is 0 Å². The van der Waals surface area contributed by atoms with Gasteiger partial charge in [0.05, 0.1) is 0 Å². The Morgan fingerprint density at radius 3 is 1.75 bits per heavy atom. The smallest absolute Gasteiger partial charge is 0.0355 e. The number of hydrogen-bond acceptors (Lipinski definition) is 0. The lowest BCUT2D eigenvalue weighted by Gasteiger charge is -2.32. The Morgan fingerprint density at radius 2 is 1.35 bits per heavy atom. The average molecular weight is 281 g/mol. The Hall–Kier alpha value is 0. The lowest BCUT2D eigenvalue weighted by molar-refractivity contribution is 0.171. The minimum atomic E-state index is 0.830. The molecule has 0 aromatic heterocycles. The van der Waals surface area contributed by atoms with E-state index in [-0.39, 0.29) is 0 Å². The largest absolute Gasteiger partial charge is 0.0625 e. The molecule has 0 nitrogen and oxygen atoms in total. The first kappa shape index (κ1) is 18.1. The Kier molecular flexibility index (Phi) is 7.09. The molecule has 0 N–H and O–H groups in total. The molecule has 0 aromatic rings. The van der Waals surface area contributed by atoms with Gasteiger partial charge in [-0.25, -0.2) is 0 Å². The fraction of sp³-hybridized carbons (Fsp3) is 1.00. The van der Waals surface area contributed by atoms with E-state index < -0.39 is 0 Å². The van der Waals surface area contributed by atoms with E-state index in [1.54, 1.807) is 0 Å². The third kappa shape index (κ3) is 5.08. The zero-order valence-corrected chi connectivity index (χ0v) is 15.4. The highest BCUT2D eigenvalue weighted by molar-refractivity contribution is 4.91. The normalized spacial score (nSPS) is 28.5. The van der Waals surface area contributed by atoms with Crippen molar-refractivity contribution in [2.45, 2.75) is 81.1 Å². The highest BCUT2D eigenvalue weighted by Gasteiger charge is 2.42. The number of rotatable bonds is 9. The Balaban J connectivity index is 2.49. The maximum Gasteiger partial charge on any atom is -0.0355 e. The van der Waals surface area contributed by atoms with Gasteiger partial charge in [0, 0.05) is 0 Å². The van der Waals surface area contributed by atoms with Crippen molar-refractivity contribution in [3.8, 4) is 0 Å². The van der Waals surface area contributed by atoms with Crippen LogP contribution in [-0.4, -0.2) is 0 Å². The van der Waals surface area contributed by atoms with Crippen LogP contribution in [0.2, 0.25) is 0 Å². The van der Waals surface area contributed by atoms with Crippen LogP contribution in [0.1, 0.15) is 81.1 Å². The van der Waals surface area contributed by atoms with Crippen LogP contribution in [-0.2, 0) is 0 Å². The molecule has 0 amide bonds. The first-order chi connectivity index (χ1) is 9.25. The monoisotopic (exact) mass is 280 g/mol. The summed E-state index contributed by atoms with van der Waals surface area (Å²) < 4.78 is 0. The summed E-state index contributed by atoms with van der Waals surface area (Å²) in [5, 5.41) is 0. The Morgan fingerprint density at radius 1 is 0.800 bits per heavy atom. The molecule has 120 valence electrons. The third-order valence-corrected chi connectivity index (χ3v) is 6.61. The summed E-state index contributed by atoms with van der Waals surface area (Å²) in [6.45, 7) is 19.4. The molecule has 1 fully saturated rings. The van der Waals surface area contributed by atoms with Gasteiger partial charge < -0.3 is 0 Å². The van der Waals surface area contributed by atoms with Crippen molar-refractivity contribution in [2.24, 2.45) is 47.3 Å². The molecule has 0 spiro atoms. The highest BCUT2D eigenvalue weighted by Crippen LogP contribution is 2.50. The molecule has 20 heavy (non-hydrogen) atoms. The van der Waals surface area contributed by atoms with E-state index in [1.165, 1.54) is 25.7 Å². The van der Waals surface area contributed by atoms with Crippen molar-refractivity contribution < 1.29 is 0 Å². The second kappa shape index (κ2) is 7.85. The Labute approximate surface area is 129 Å².